The quantitative estimate of drug-likeness (QED) is 0.345. The highest BCUT2D eigenvalue weighted by Crippen LogP contribution is 2.28. The van der Waals surface area contributed by atoms with Crippen LogP contribution in [0.1, 0.15) is 15.9 Å². The SMILES string of the molecule is O=C(NCCNc1ccc(C(F)(F)F)cn1)c1cnn(-c2ccc([N+](=O)[O-])cc2)c1. The molecule has 0 saturated heterocycles. The molecule has 0 aliphatic carbocycles. The Bertz CT molecular complexity index is 1030. The Morgan fingerprint density at radius 1 is 1.10 bits per heavy atom. The summed E-state index contributed by atoms with van der Waals surface area (Å²) in [5.41, 5.74) is -0.0685. The highest BCUT2D eigenvalue weighted by atomic mass is 19.4. The van der Waals surface area contributed by atoms with Crippen LogP contribution in [0.15, 0.2) is 55.0 Å². The number of alkyl halides is 3. The van der Waals surface area contributed by atoms with E-state index < -0.39 is 22.6 Å². The minimum absolute atomic E-state index is 0.0566. The van der Waals surface area contributed by atoms with Crippen molar-refractivity contribution in [2.24, 2.45) is 0 Å². The molecule has 2 heterocycles. The number of benzene rings is 1. The fraction of sp³-hybridized carbons (Fsp3) is 0.167. The highest BCUT2D eigenvalue weighted by Gasteiger charge is 2.30. The second-order valence-electron chi connectivity index (χ2n) is 6.06. The Balaban J connectivity index is 1.49. The van der Waals surface area contributed by atoms with E-state index in [2.05, 4.69) is 20.7 Å². The van der Waals surface area contributed by atoms with E-state index in [1.807, 2.05) is 0 Å². The number of carbonyl (C=O) groups is 1. The predicted molar refractivity (Wildman–Crippen MR) is 100 cm³/mol. The molecule has 3 aromatic rings. The van der Waals surface area contributed by atoms with Gasteiger partial charge in [0.2, 0.25) is 0 Å². The lowest BCUT2D eigenvalue weighted by Crippen LogP contribution is -2.28. The van der Waals surface area contributed by atoms with Gasteiger partial charge in [-0.1, -0.05) is 0 Å². The first-order valence-corrected chi connectivity index (χ1v) is 8.59. The molecule has 0 aliphatic rings. The van der Waals surface area contributed by atoms with Crippen LogP contribution in [0.4, 0.5) is 24.7 Å². The van der Waals surface area contributed by atoms with Crippen LogP contribution in [0, 0.1) is 10.1 Å². The number of hydrogen-bond acceptors (Lipinski definition) is 6. The van der Waals surface area contributed by atoms with Crippen molar-refractivity contribution < 1.29 is 22.9 Å². The van der Waals surface area contributed by atoms with Gasteiger partial charge in [0.15, 0.2) is 0 Å². The average Bonchev–Trinajstić information content (AvgIpc) is 3.21. The first-order chi connectivity index (χ1) is 14.2. The zero-order valence-corrected chi connectivity index (χ0v) is 15.3. The number of rotatable bonds is 7. The molecule has 0 fully saturated rings. The van der Waals surface area contributed by atoms with Crippen LogP contribution in [-0.2, 0) is 6.18 Å². The van der Waals surface area contributed by atoms with E-state index in [0.29, 0.717) is 5.69 Å². The van der Waals surface area contributed by atoms with Crippen LogP contribution in [-0.4, -0.2) is 38.7 Å². The molecule has 0 saturated carbocycles. The van der Waals surface area contributed by atoms with Crippen molar-refractivity contribution in [1.82, 2.24) is 20.1 Å². The van der Waals surface area contributed by atoms with Gasteiger partial charge >= 0.3 is 6.18 Å². The van der Waals surface area contributed by atoms with Gasteiger partial charge in [0.05, 0.1) is 27.9 Å². The molecule has 0 unspecified atom stereocenters. The molecular formula is C18H15F3N6O3. The maximum Gasteiger partial charge on any atom is 0.417 e. The van der Waals surface area contributed by atoms with Gasteiger partial charge in [0.1, 0.15) is 5.82 Å². The standard InChI is InChI=1S/C18H15F3N6O3/c19-18(20,21)13-1-6-16(24-10-13)22-7-8-23-17(28)12-9-25-26(11-12)14-2-4-15(5-3-14)27(29)30/h1-6,9-11H,7-8H2,(H,22,24)(H,23,28). The first-order valence-electron chi connectivity index (χ1n) is 8.59. The summed E-state index contributed by atoms with van der Waals surface area (Å²) in [7, 11) is 0. The Morgan fingerprint density at radius 3 is 2.43 bits per heavy atom. The fourth-order valence-electron chi connectivity index (χ4n) is 2.44. The average molecular weight is 420 g/mol. The van der Waals surface area contributed by atoms with Gasteiger partial charge in [0.25, 0.3) is 11.6 Å². The maximum absolute atomic E-state index is 12.5. The summed E-state index contributed by atoms with van der Waals surface area (Å²) < 4.78 is 38.9. The third kappa shape index (κ3) is 5.10. The van der Waals surface area contributed by atoms with E-state index >= 15 is 0 Å². The number of pyridine rings is 1. The van der Waals surface area contributed by atoms with Crippen LogP contribution >= 0.6 is 0 Å². The summed E-state index contributed by atoms with van der Waals surface area (Å²) in [4.78, 5) is 26.0. The molecule has 2 N–H and O–H groups in total. The van der Waals surface area contributed by atoms with E-state index in [1.54, 1.807) is 0 Å². The molecule has 9 nitrogen and oxygen atoms in total. The molecular weight excluding hydrogens is 405 g/mol. The van der Waals surface area contributed by atoms with Crippen molar-refractivity contribution in [3.8, 4) is 5.69 Å². The van der Waals surface area contributed by atoms with Gasteiger partial charge in [0, 0.05) is 37.6 Å². The number of amides is 1. The molecule has 3 rings (SSSR count). The monoisotopic (exact) mass is 420 g/mol. The second-order valence-corrected chi connectivity index (χ2v) is 6.06. The smallest absolute Gasteiger partial charge is 0.368 e. The van der Waals surface area contributed by atoms with Gasteiger partial charge in [-0.05, 0) is 24.3 Å². The van der Waals surface area contributed by atoms with E-state index in [9.17, 15) is 28.1 Å². The minimum atomic E-state index is -4.45. The largest absolute Gasteiger partial charge is 0.417 e. The Kier molecular flexibility index (Phi) is 5.95. The van der Waals surface area contributed by atoms with Crippen molar-refractivity contribution in [1.29, 1.82) is 0 Å². The van der Waals surface area contributed by atoms with Crippen LogP contribution < -0.4 is 10.6 Å². The first kappa shape index (κ1) is 20.8. The van der Waals surface area contributed by atoms with Crippen molar-refractivity contribution in [3.63, 3.8) is 0 Å². The number of hydrogen-bond donors (Lipinski definition) is 2. The molecule has 0 aliphatic heterocycles. The predicted octanol–water partition coefficient (Wildman–Crippen LogP) is 3.04. The number of carbonyl (C=O) groups excluding carboxylic acids is 1. The Labute approximate surface area is 167 Å². The lowest BCUT2D eigenvalue weighted by molar-refractivity contribution is -0.384. The zero-order valence-electron chi connectivity index (χ0n) is 15.3. The topological polar surface area (TPSA) is 115 Å². The molecule has 12 heteroatoms. The number of anilines is 1. The van der Waals surface area contributed by atoms with E-state index in [0.717, 1.165) is 12.3 Å². The van der Waals surface area contributed by atoms with Crippen molar-refractivity contribution in [2.75, 3.05) is 18.4 Å². The third-order valence-electron chi connectivity index (χ3n) is 3.98. The number of nitro benzene ring substituents is 1. The summed E-state index contributed by atoms with van der Waals surface area (Å²) in [6.07, 6.45) is -0.894. The van der Waals surface area contributed by atoms with Crippen LogP contribution in [0.3, 0.4) is 0 Å². The van der Waals surface area contributed by atoms with Crippen molar-refractivity contribution in [2.45, 2.75) is 6.18 Å². The molecule has 0 bridgehead atoms. The molecule has 30 heavy (non-hydrogen) atoms. The normalized spacial score (nSPS) is 11.2. The zero-order chi connectivity index (χ0) is 21.7. The molecule has 0 spiro atoms. The molecule has 1 amide bonds. The molecule has 156 valence electrons. The summed E-state index contributed by atoms with van der Waals surface area (Å²) in [6, 6.07) is 7.80. The van der Waals surface area contributed by atoms with E-state index in [4.69, 9.17) is 0 Å². The maximum atomic E-state index is 12.5. The van der Waals surface area contributed by atoms with Gasteiger partial charge in [-0.3, -0.25) is 14.9 Å². The fourth-order valence-corrected chi connectivity index (χ4v) is 2.44. The molecule has 2 aromatic heterocycles. The Morgan fingerprint density at radius 2 is 1.83 bits per heavy atom. The lowest BCUT2D eigenvalue weighted by atomic mass is 10.3. The molecule has 0 atom stereocenters. The van der Waals surface area contributed by atoms with Gasteiger partial charge in [-0.25, -0.2) is 9.67 Å². The number of nitrogens with one attached hydrogen (secondary N) is 2. The number of aromatic nitrogens is 3. The highest BCUT2D eigenvalue weighted by molar-refractivity contribution is 5.93. The van der Waals surface area contributed by atoms with Gasteiger partial charge in [-0.2, -0.15) is 18.3 Å². The molecule has 1 aromatic carbocycles. The minimum Gasteiger partial charge on any atom is -0.368 e. The van der Waals surface area contributed by atoms with Gasteiger partial charge in [-0.15, -0.1) is 0 Å². The summed E-state index contributed by atoms with van der Waals surface area (Å²) in [5.74, 6) is -0.145. The molecule has 0 radical (unpaired) electrons. The number of halogens is 3. The summed E-state index contributed by atoms with van der Waals surface area (Å²) in [5, 5.41) is 20.2. The van der Waals surface area contributed by atoms with Crippen LogP contribution in [0.25, 0.3) is 5.69 Å². The van der Waals surface area contributed by atoms with Gasteiger partial charge < -0.3 is 10.6 Å². The summed E-state index contributed by atoms with van der Waals surface area (Å²) >= 11 is 0. The Hall–Kier alpha value is -3.96. The van der Waals surface area contributed by atoms with Crippen LogP contribution in [0.5, 0.6) is 0 Å². The number of nitro groups is 1. The summed E-state index contributed by atoms with van der Waals surface area (Å²) in [6.45, 7) is 0.449. The third-order valence-corrected chi connectivity index (χ3v) is 3.98. The van der Waals surface area contributed by atoms with Crippen molar-refractivity contribution in [3.05, 3.63) is 76.2 Å². The van der Waals surface area contributed by atoms with E-state index in [-0.39, 0.29) is 30.2 Å². The van der Waals surface area contributed by atoms with E-state index in [1.165, 1.54) is 47.4 Å². The number of nitrogens with zero attached hydrogens (tertiary/aromatic N) is 4. The van der Waals surface area contributed by atoms with Crippen LogP contribution in [0.2, 0.25) is 0 Å². The lowest BCUT2D eigenvalue weighted by Gasteiger charge is -2.09. The van der Waals surface area contributed by atoms with Crippen molar-refractivity contribution >= 4 is 17.4 Å². The number of non-ortho nitro benzene ring substituents is 1. The second kappa shape index (κ2) is 8.59.